The molecule has 2 atom stereocenters. The van der Waals surface area contributed by atoms with E-state index in [1.54, 1.807) is 25.3 Å². The molecule has 1 aromatic carbocycles. The molecule has 1 aromatic rings. The van der Waals surface area contributed by atoms with E-state index >= 15 is 0 Å². The van der Waals surface area contributed by atoms with Crippen molar-refractivity contribution in [3.05, 3.63) is 59.8 Å². The predicted molar refractivity (Wildman–Crippen MR) is 59.8 cm³/mol. The van der Waals surface area contributed by atoms with Gasteiger partial charge in [0.2, 0.25) is 0 Å². The van der Waals surface area contributed by atoms with E-state index in [9.17, 15) is 13.2 Å². The van der Waals surface area contributed by atoms with Crippen LogP contribution in [0.15, 0.2) is 42.6 Å². The highest BCUT2D eigenvalue weighted by atomic mass is 19.2. The summed E-state index contributed by atoms with van der Waals surface area (Å²) in [5.41, 5.74) is 0.534. The zero-order chi connectivity index (χ0) is 12.4. The average Bonchev–Trinajstić information content (AvgIpc) is 2.32. The highest BCUT2D eigenvalue weighted by molar-refractivity contribution is 5.23. The maximum Gasteiger partial charge on any atom is 0.191 e. The molecule has 0 N–H and O–H groups in total. The van der Waals surface area contributed by atoms with Crippen LogP contribution in [-0.2, 0) is 0 Å². The molecule has 0 saturated carbocycles. The lowest BCUT2D eigenvalue weighted by atomic mass is 10.1. The number of alkyl halides is 1. The third kappa shape index (κ3) is 2.35. The topological polar surface area (TPSA) is 3.24 Å². The quantitative estimate of drug-likeness (QED) is 0.711. The Hall–Kier alpha value is -1.71. The number of halogens is 3. The molecule has 0 bridgehead atoms. The van der Waals surface area contributed by atoms with Crippen LogP contribution in [0.25, 0.3) is 0 Å². The van der Waals surface area contributed by atoms with Gasteiger partial charge in [-0.2, -0.15) is 0 Å². The van der Waals surface area contributed by atoms with Crippen LogP contribution in [0.3, 0.4) is 0 Å². The van der Waals surface area contributed by atoms with Gasteiger partial charge < -0.3 is 4.90 Å². The van der Waals surface area contributed by atoms with E-state index in [0.29, 0.717) is 5.56 Å². The smallest absolute Gasteiger partial charge is 0.191 e. The molecule has 0 amide bonds. The van der Waals surface area contributed by atoms with Gasteiger partial charge in [0.15, 0.2) is 17.9 Å². The Morgan fingerprint density at radius 3 is 2.59 bits per heavy atom. The molecule has 0 radical (unpaired) electrons. The zero-order valence-corrected chi connectivity index (χ0v) is 9.28. The molecule has 0 aliphatic carbocycles. The number of allylic oxidation sites excluding steroid dienone is 2. The summed E-state index contributed by atoms with van der Waals surface area (Å²) in [5, 5.41) is 0. The minimum atomic E-state index is -1.25. The first-order valence-corrected chi connectivity index (χ1v) is 5.31. The summed E-state index contributed by atoms with van der Waals surface area (Å²) in [7, 11) is 0. The summed E-state index contributed by atoms with van der Waals surface area (Å²) in [5.74, 6) is -1.81. The second-order valence-corrected chi connectivity index (χ2v) is 3.90. The standard InChI is InChI=1S/C13H12F3N/c1-9(17-7-3-2-4-13(17)16)10-5-6-11(14)12(15)8-10/h2-9,13H,1H3/t9-,13?/m0/s1. The van der Waals surface area contributed by atoms with Crippen LogP contribution < -0.4 is 0 Å². The highest BCUT2D eigenvalue weighted by Crippen LogP contribution is 2.26. The van der Waals surface area contributed by atoms with Gasteiger partial charge in [-0.15, -0.1) is 0 Å². The molecule has 1 unspecified atom stereocenters. The van der Waals surface area contributed by atoms with Crippen molar-refractivity contribution in [3.63, 3.8) is 0 Å². The zero-order valence-electron chi connectivity index (χ0n) is 9.28. The van der Waals surface area contributed by atoms with Gasteiger partial charge in [-0.3, -0.25) is 0 Å². The molecule has 1 aliphatic rings. The average molecular weight is 239 g/mol. The van der Waals surface area contributed by atoms with Crippen LogP contribution in [0.4, 0.5) is 13.2 Å². The minimum Gasteiger partial charge on any atom is -0.338 e. The second kappa shape index (κ2) is 4.65. The number of benzene rings is 1. The SMILES string of the molecule is C[C@@H](c1ccc(F)c(F)c1)N1C=CC=CC1F. The highest BCUT2D eigenvalue weighted by Gasteiger charge is 2.21. The van der Waals surface area contributed by atoms with Crippen LogP contribution in [0.2, 0.25) is 0 Å². The first-order chi connectivity index (χ1) is 8.09. The fourth-order valence-corrected chi connectivity index (χ4v) is 1.77. The Morgan fingerprint density at radius 1 is 1.18 bits per heavy atom. The van der Waals surface area contributed by atoms with Crippen LogP contribution in [0.5, 0.6) is 0 Å². The summed E-state index contributed by atoms with van der Waals surface area (Å²) < 4.78 is 39.5. The lowest BCUT2D eigenvalue weighted by Gasteiger charge is -2.31. The third-order valence-corrected chi connectivity index (χ3v) is 2.80. The van der Waals surface area contributed by atoms with Gasteiger partial charge in [-0.05, 0) is 36.8 Å². The number of hydrogen-bond acceptors (Lipinski definition) is 1. The van der Waals surface area contributed by atoms with E-state index in [2.05, 4.69) is 0 Å². The Balaban J connectivity index is 2.24. The van der Waals surface area contributed by atoms with Gasteiger partial charge in [0, 0.05) is 6.20 Å². The molecule has 4 heteroatoms. The second-order valence-electron chi connectivity index (χ2n) is 3.90. The van der Waals surface area contributed by atoms with Crippen molar-refractivity contribution in [1.82, 2.24) is 4.90 Å². The molecule has 0 aromatic heterocycles. The molecule has 0 saturated heterocycles. The summed E-state index contributed by atoms with van der Waals surface area (Å²) >= 11 is 0. The van der Waals surface area contributed by atoms with Crippen molar-refractivity contribution in [2.75, 3.05) is 0 Å². The van der Waals surface area contributed by atoms with Gasteiger partial charge >= 0.3 is 0 Å². The molecule has 2 rings (SSSR count). The lowest BCUT2D eigenvalue weighted by molar-refractivity contribution is 0.135. The fraction of sp³-hybridized carbons (Fsp3) is 0.231. The Morgan fingerprint density at radius 2 is 1.94 bits per heavy atom. The molecule has 0 spiro atoms. The maximum atomic E-state index is 13.6. The van der Waals surface area contributed by atoms with Crippen molar-refractivity contribution in [2.45, 2.75) is 19.3 Å². The molecule has 17 heavy (non-hydrogen) atoms. The summed E-state index contributed by atoms with van der Waals surface area (Å²) in [6, 6.07) is 3.25. The predicted octanol–water partition coefficient (Wildman–Crippen LogP) is 3.71. The van der Waals surface area contributed by atoms with E-state index in [-0.39, 0.29) is 6.04 Å². The Labute approximate surface area is 97.9 Å². The molecule has 1 nitrogen and oxygen atoms in total. The molecule has 1 heterocycles. The first-order valence-electron chi connectivity index (χ1n) is 5.31. The number of nitrogens with zero attached hydrogens (tertiary/aromatic N) is 1. The van der Waals surface area contributed by atoms with Gasteiger partial charge in [-0.25, -0.2) is 13.2 Å². The van der Waals surface area contributed by atoms with Crippen molar-refractivity contribution in [1.29, 1.82) is 0 Å². The van der Waals surface area contributed by atoms with Crippen molar-refractivity contribution in [3.8, 4) is 0 Å². The number of hydrogen-bond donors (Lipinski definition) is 0. The Kier molecular flexibility index (Phi) is 3.22. The van der Waals surface area contributed by atoms with Gasteiger partial charge in [0.1, 0.15) is 0 Å². The molecule has 0 fully saturated rings. The summed E-state index contributed by atoms with van der Waals surface area (Å²) in [4.78, 5) is 1.44. The third-order valence-electron chi connectivity index (χ3n) is 2.80. The fourth-order valence-electron chi connectivity index (χ4n) is 1.77. The normalized spacial score (nSPS) is 20.7. The summed E-state index contributed by atoms with van der Waals surface area (Å²) in [6.07, 6.45) is 5.06. The van der Waals surface area contributed by atoms with Crippen LogP contribution in [-0.4, -0.2) is 11.2 Å². The van der Waals surface area contributed by atoms with E-state index in [1.165, 1.54) is 17.0 Å². The number of rotatable bonds is 2. The first kappa shape index (κ1) is 11.8. The van der Waals surface area contributed by atoms with E-state index in [0.717, 1.165) is 12.1 Å². The molecule has 90 valence electrons. The largest absolute Gasteiger partial charge is 0.338 e. The van der Waals surface area contributed by atoms with Crippen molar-refractivity contribution >= 4 is 0 Å². The molecule has 1 aliphatic heterocycles. The van der Waals surface area contributed by atoms with Crippen LogP contribution >= 0.6 is 0 Å². The van der Waals surface area contributed by atoms with E-state index < -0.39 is 17.9 Å². The van der Waals surface area contributed by atoms with E-state index in [1.807, 2.05) is 0 Å². The van der Waals surface area contributed by atoms with Gasteiger partial charge in [0.05, 0.1) is 6.04 Å². The van der Waals surface area contributed by atoms with Crippen molar-refractivity contribution in [2.24, 2.45) is 0 Å². The maximum absolute atomic E-state index is 13.6. The van der Waals surface area contributed by atoms with E-state index in [4.69, 9.17) is 0 Å². The van der Waals surface area contributed by atoms with Crippen molar-refractivity contribution < 1.29 is 13.2 Å². The van der Waals surface area contributed by atoms with Gasteiger partial charge in [0.25, 0.3) is 0 Å². The van der Waals surface area contributed by atoms with Crippen LogP contribution in [0.1, 0.15) is 18.5 Å². The monoisotopic (exact) mass is 239 g/mol. The molecular weight excluding hydrogens is 227 g/mol. The Bertz CT molecular complexity index is 468. The molecular formula is C13H12F3N. The van der Waals surface area contributed by atoms with Gasteiger partial charge in [-0.1, -0.05) is 12.1 Å². The minimum absolute atomic E-state index is 0.360. The lowest BCUT2D eigenvalue weighted by Crippen LogP contribution is -2.29. The summed E-state index contributed by atoms with van der Waals surface area (Å²) in [6.45, 7) is 1.74. The van der Waals surface area contributed by atoms with Crippen LogP contribution in [0, 0.1) is 11.6 Å².